The second-order valence-electron chi connectivity index (χ2n) is 9.21. The molecular weight excluding hydrogens is 500 g/mol. The molecule has 6 nitrogen and oxygen atoms in total. The Labute approximate surface area is 233 Å². The van der Waals surface area contributed by atoms with Crippen LogP contribution in [0, 0.1) is 0 Å². The Bertz CT molecular complexity index is 1570. The molecule has 6 heteroatoms. The Kier molecular flexibility index (Phi) is 8.18. The molecule has 0 fully saturated rings. The summed E-state index contributed by atoms with van der Waals surface area (Å²) in [4.78, 5) is 13.3. The van der Waals surface area contributed by atoms with Gasteiger partial charge in [0.25, 0.3) is 5.91 Å². The maximum atomic E-state index is 13.3. The van der Waals surface area contributed by atoms with Crippen molar-refractivity contribution in [2.24, 2.45) is 5.10 Å². The molecule has 5 aromatic carbocycles. The summed E-state index contributed by atoms with van der Waals surface area (Å²) in [5.41, 5.74) is 3.27. The van der Waals surface area contributed by atoms with E-state index in [-0.39, 0.29) is 0 Å². The molecule has 0 aliphatic carbocycles. The minimum Gasteiger partial charge on any atom is -0.490 e. The van der Waals surface area contributed by atoms with Crippen LogP contribution in [0.1, 0.15) is 29.2 Å². The van der Waals surface area contributed by atoms with E-state index in [9.17, 15) is 9.90 Å². The third kappa shape index (κ3) is 5.72. The van der Waals surface area contributed by atoms with Crippen LogP contribution in [0.5, 0.6) is 11.5 Å². The summed E-state index contributed by atoms with van der Waals surface area (Å²) >= 11 is 0. The number of ether oxygens (including phenoxy) is 2. The van der Waals surface area contributed by atoms with E-state index in [1.54, 1.807) is 54.6 Å². The van der Waals surface area contributed by atoms with Gasteiger partial charge in [-0.2, -0.15) is 5.10 Å². The molecule has 0 bridgehead atoms. The lowest BCUT2D eigenvalue weighted by Crippen LogP contribution is -2.43. The summed E-state index contributed by atoms with van der Waals surface area (Å²) in [5.74, 6) is 0.516. The fourth-order valence-electron chi connectivity index (χ4n) is 4.60. The highest BCUT2D eigenvalue weighted by molar-refractivity contribution is 5.91. The second kappa shape index (κ2) is 12.3. The number of amides is 1. The molecule has 0 atom stereocenters. The Balaban J connectivity index is 1.32. The Hall–Kier alpha value is -4.94. The van der Waals surface area contributed by atoms with Gasteiger partial charge in [0.2, 0.25) is 0 Å². The zero-order valence-corrected chi connectivity index (χ0v) is 22.2. The van der Waals surface area contributed by atoms with Crippen LogP contribution in [-0.2, 0) is 17.0 Å². The fraction of sp³-hybridized carbons (Fsp3) is 0.118. The molecule has 0 unspecified atom stereocenters. The molecule has 0 aliphatic heterocycles. The van der Waals surface area contributed by atoms with Crippen molar-refractivity contribution in [3.8, 4) is 11.5 Å². The molecule has 0 aromatic heterocycles. The Morgan fingerprint density at radius 1 is 0.800 bits per heavy atom. The largest absolute Gasteiger partial charge is 0.490 e. The normalized spacial score (nSPS) is 11.4. The van der Waals surface area contributed by atoms with E-state index in [0.717, 1.165) is 16.3 Å². The molecule has 0 radical (unpaired) electrons. The van der Waals surface area contributed by atoms with E-state index >= 15 is 0 Å². The molecule has 1 amide bonds. The van der Waals surface area contributed by atoms with Crippen LogP contribution < -0.4 is 14.9 Å². The van der Waals surface area contributed by atoms with Crippen LogP contribution in [0.3, 0.4) is 0 Å². The minimum absolute atomic E-state index is 0.391. The summed E-state index contributed by atoms with van der Waals surface area (Å²) in [7, 11) is 0. The predicted octanol–water partition coefficient (Wildman–Crippen LogP) is 6.20. The SMILES string of the molecule is CCOc1cc(/C=N\NC(=O)C(O)(c2ccccc2)c2ccccc2)ccc1OCc1cccc2ccccc12. The number of rotatable bonds is 10. The van der Waals surface area contributed by atoms with Gasteiger partial charge >= 0.3 is 0 Å². The van der Waals surface area contributed by atoms with E-state index in [1.807, 2.05) is 49.4 Å². The van der Waals surface area contributed by atoms with Crippen LogP contribution in [-0.4, -0.2) is 23.8 Å². The molecule has 0 spiro atoms. The number of nitrogens with one attached hydrogen (secondary N) is 1. The number of carbonyl (C=O) groups excluding carboxylic acids is 1. The maximum Gasteiger partial charge on any atom is 0.281 e. The van der Waals surface area contributed by atoms with Crippen LogP contribution >= 0.6 is 0 Å². The van der Waals surface area contributed by atoms with Crippen LogP contribution in [0.15, 0.2) is 126 Å². The molecule has 2 N–H and O–H groups in total. The second-order valence-corrected chi connectivity index (χ2v) is 9.21. The fourth-order valence-corrected chi connectivity index (χ4v) is 4.60. The number of hydrazone groups is 1. The molecular formula is C34H30N2O4. The summed E-state index contributed by atoms with van der Waals surface area (Å²) in [6, 6.07) is 37.4. The van der Waals surface area contributed by atoms with Crippen molar-refractivity contribution in [3.05, 3.63) is 144 Å². The molecule has 0 saturated heterocycles. The van der Waals surface area contributed by atoms with Crippen LogP contribution in [0.25, 0.3) is 10.8 Å². The van der Waals surface area contributed by atoms with E-state index < -0.39 is 11.5 Å². The van der Waals surface area contributed by atoms with E-state index in [4.69, 9.17) is 9.47 Å². The summed E-state index contributed by atoms with van der Waals surface area (Å²) in [5, 5.41) is 18.0. The first-order valence-corrected chi connectivity index (χ1v) is 13.1. The first kappa shape index (κ1) is 26.7. The van der Waals surface area contributed by atoms with Crippen molar-refractivity contribution in [2.45, 2.75) is 19.1 Å². The molecule has 0 saturated carbocycles. The number of hydrogen-bond acceptors (Lipinski definition) is 5. The predicted molar refractivity (Wildman–Crippen MR) is 158 cm³/mol. The lowest BCUT2D eigenvalue weighted by Gasteiger charge is -2.27. The van der Waals surface area contributed by atoms with Gasteiger partial charge in [-0.1, -0.05) is 103 Å². The average Bonchev–Trinajstić information content (AvgIpc) is 3.01. The first-order valence-electron chi connectivity index (χ1n) is 13.1. The number of benzene rings is 5. The zero-order valence-electron chi connectivity index (χ0n) is 22.2. The van der Waals surface area contributed by atoms with Crippen LogP contribution in [0.4, 0.5) is 0 Å². The van der Waals surface area contributed by atoms with Gasteiger partial charge in [0.05, 0.1) is 12.8 Å². The van der Waals surface area contributed by atoms with Gasteiger partial charge in [0.15, 0.2) is 17.1 Å². The molecule has 5 aromatic rings. The molecule has 5 rings (SSSR count). The third-order valence-corrected chi connectivity index (χ3v) is 6.62. The number of fused-ring (bicyclic) bond motifs is 1. The number of carbonyl (C=O) groups is 1. The number of hydrogen-bond donors (Lipinski definition) is 2. The minimum atomic E-state index is -1.91. The van der Waals surface area contributed by atoms with Gasteiger partial charge in [-0.25, -0.2) is 5.43 Å². The Morgan fingerprint density at radius 3 is 2.15 bits per heavy atom. The first-order chi connectivity index (χ1) is 19.6. The van der Waals surface area contributed by atoms with Crippen LogP contribution in [0.2, 0.25) is 0 Å². The topological polar surface area (TPSA) is 80.2 Å². The smallest absolute Gasteiger partial charge is 0.281 e. The monoisotopic (exact) mass is 530 g/mol. The molecule has 40 heavy (non-hydrogen) atoms. The van der Waals surface area contributed by atoms with Crippen molar-refractivity contribution in [1.82, 2.24) is 5.43 Å². The van der Waals surface area contributed by atoms with Gasteiger partial charge in [0, 0.05) is 0 Å². The summed E-state index contributed by atoms with van der Waals surface area (Å²) in [6.45, 7) is 2.76. The van der Waals surface area contributed by atoms with Gasteiger partial charge in [-0.3, -0.25) is 4.79 Å². The quantitative estimate of drug-likeness (QED) is 0.166. The number of aliphatic hydroxyl groups is 1. The lowest BCUT2D eigenvalue weighted by atomic mass is 9.85. The van der Waals surface area contributed by atoms with Gasteiger partial charge in [-0.15, -0.1) is 0 Å². The number of nitrogens with zero attached hydrogens (tertiary/aromatic N) is 1. The maximum absolute atomic E-state index is 13.3. The van der Waals surface area contributed by atoms with Gasteiger partial charge in [-0.05, 0) is 58.1 Å². The van der Waals surface area contributed by atoms with Crippen molar-refractivity contribution in [1.29, 1.82) is 0 Å². The highest BCUT2D eigenvalue weighted by Gasteiger charge is 2.39. The van der Waals surface area contributed by atoms with Gasteiger partial charge < -0.3 is 14.6 Å². The standard InChI is InChI=1S/C34H30N2O4/c1-2-39-32-22-25(20-21-31(32)40-24-27-14-11-13-26-12-9-10-19-30(26)27)23-35-36-33(37)34(38,28-15-5-3-6-16-28)29-17-7-4-8-18-29/h3-23,38H,2,24H2,1H3,(H,36,37)/b35-23-. The van der Waals surface area contributed by atoms with Crippen molar-refractivity contribution in [2.75, 3.05) is 6.61 Å². The molecule has 0 aliphatic rings. The highest BCUT2D eigenvalue weighted by atomic mass is 16.5. The Morgan fingerprint density at radius 2 is 1.45 bits per heavy atom. The van der Waals surface area contributed by atoms with Gasteiger partial charge in [0.1, 0.15) is 6.61 Å². The summed E-state index contributed by atoms with van der Waals surface area (Å²) < 4.78 is 12.0. The average molecular weight is 531 g/mol. The van der Waals surface area contributed by atoms with E-state index in [1.165, 1.54) is 6.21 Å². The van der Waals surface area contributed by atoms with Crippen molar-refractivity contribution >= 4 is 22.9 Å². The highest BCUT2D eigenvalue weighted by Crippen LogP contribution is 2.31. The third-order valence-electron chi connectivity index (χ3n) is 6.62. The van der Waals surface area contributed by atoms with E-state index in [0.29, 0.717) is 41.4 Å². The molecule has 200 valence electrons. The zero-order chi connectivity index (χ0) is 27.8. The van der Waals surface area contributed by atoms with Crippen molar-refractivity contribution in [3.63, 3.8) is 0 Å². The lowest BCUT2D eigenvalue weighted by molar-refractivity contribution is -0.136. The summed E-state index contributed by atoms with van der Waals surface area (Å²) in [6.07, 6.45) is 1.51. The van der Waals surface area contributed by atoms with E-state index in [2.05, 4.69) is 34.8 Å². The molecule has 0 heterocycles. The van der Waals surface area contributed by atoms with Crippen molar-refractivity contribution < 1.29 is 19.4 Å².